The Labute approximate surface area is 107 Å². The molecule has 0 saturated carbocycles. The number of aromatic nitrogens is 2. The third kappa shape index (κ3) is 2.37. The van der Waals surface area contributed by atoms with Crippen LogP contribution in [-0.4, -0.2) is 25.7 Å². The minimum Gasteiger partial charge on any atom is -0.409 e. The molecule has 0 aliphatic rings. The molecule has 0 amide bonds. The minimum absolute atomic E-state index is 0.174. The van der Waals surface area contributed by atoms with Crippen molar-refractivity contribution in [3.63, 3.8) is 0 Å². The molecule has 0 atom stereocenters. The zero-order valence-electron chi connectivity index (χ0n) is 10.0. The van der Waals surface area contributed by atoms with E-state index in [4.69, 9.17) is 10.9 Å². The Morgan fingerprint density at radius 2 is 2.26 bits per heavy atom. The summed E-state index contributed by atoms with van der Waals surface area (Å²) in [5, 5.41) is 26.6. The summed E-state index contributed by atoms with van der Waals surface area (Å²) in [5.74, 6) is -0.189. The SMILES string of the molecule is Cc1ccn(-c2ccc(C(N)=NO)cc2[N+](=O)[O-])n1. The average molecular weight is 261 g/mol. The number of nitro benzene ring substituents is 1. The molecule has 98 valence electrons. The average Bonchev–Trinajstić information content (AvgIpc) is 2.83. The molecule has 1 aromatic heterocycles. The lowest BCUT2D eigenvalue weighted by molar-refractivity contribution is -0.384. The van der Waals surface area contributed by atoms with Gasteiger partial charge in [-0.15, -0.1) is 0 Å². The molecule has 0 aliphatic heterocycles. The normalized spacial score (nSPS) is 11.5. The Morgan fingerprint density at radius 1 is 1.53 bits per heavy atom. The van der Waals surface area contributed by atoms with E-state index in [1.165, 1.54) is 22.9 Å². The van der Waals surface area contributed by atoms with Crippen LogP contribution >= 0.6 is 0 Å². The highest BCUT2D eigenvalue weighted by Crippen LogP contribution is 2.23. The lowest BCUT2D eigenvalue weighted by Crippen LogP contribution is -2.14. The second-order valence-corrected chi connectivity index (χ2v) is 3.85. The van der Waals surface area contributed by atoms with Crippen molar-refractivity contribution in [2.75, 3.05) is 0 Å². The monoisotopic (exact) mass is 261 g/mol. The van der Waals surface area contributed by atoms with Crippen LogP contribution in [0.1, 0.15) is 11.3 Å². The first-order valence-corrected chi connectivity index (χ1v) is 5.32. The van der Waals surface area contributed by atoms with Crippen LogP contribution in [0.2, 0.25) is 0 Å². The quantitative estimate of drug-likeness (QED) is 0.282. The molecule has 2 rings (SSSR count). The van der Waals surface area contributed by atoms with Gasteiger partial charge in [-0.25, -0.2) is 4.68 Å². The Balaban J connectivity index is 2.59. The van der Waals surface area contributed by atoms with Crippen LogP contribution in [0.25, 0.3) is 5.69 Å². The molecular weight excluding hydrogens is 250 g/mol. The number of oxime groups is 1. The topological polar surface area (TPSA) is 120 Å². The summed E-state index contributed by atoms with van der Waals surface area (Å²) in [5.41, 5.74) is 6.56. The fraction of sp³-hybridized carbons (Fsp3) is 0.0909. The summed E-state index contributed by atoms with van der Waals surface area (Å²) in [7, 11) is 0. The van der Waals surface area contributed by atoms with Crippen LogP contribution in [0.15, 0.2) is 35.6 Å². The smallest absolute Gasteiger partial charge is 0.295 e. The van der Waals surface area contributed by atoms with Crippen LogP contribution in [0.4, 0.5) is 5.69 Å². The minimum atomic E-state index is -0.541. The van der Waals surface area contributed by atoms with Gasteiger partial charge in [0.2, 0.25) is 0 Å². The van der Waals surface area contributed by atoms with E-state index in [-0.39, 0.29) is 17.1 Å². The molecule has 0 unspecified atom stereocenters. The van der Waals surface area contributed by atoms with E-state index in [9.17, 15) is 10.1 Å². The summed E-state index contributed by atoms with van der Waals surface area (Å²) in [4.78, 5) is 10.5. The Hall–Kier alpha value is -2.90. The molecule has 0 aliphatic carbocycles. The second-order valence-electron chi connectivity index (χ2n) is 3.85. The molecule has 0 fully saturated rings. The van der Waals surface area contributed by atoms with Gasteiger partial charge in [0.1, 0.15) is 5.69 Å². The van der Waals surface area contributed by atoms with Crippen molar-refractivity contribution in [3.05, 3.63) is 51.8 Å². The van der Waals surface area contributed by atoms with Crippen LogP contribution in [0.3, 0.4) is 0 Å². The molecule has 2 aromatic rings. The van der Waals surface area contributed by atoms with Gasteiger partial charge in [0.25, 0.3) is 5.69 Å². The number of nitrogens with zero attached hydrogens (tertiary/aromatic N) is 4. The number of aryl methyl sites for hydroxylation is 1. The van der Waals surface area contributed by atoms with Crippen molar-refractivity contribution in [3.8, 4) is 5.69 Å². The highest BCUT2D eigenvalue weighted by Gasteiger charge is 2.18. The van der Waals surface area contributed by atoms with Gasteiger partial charge in [-0.3, -0.25) is 10.1 Å². The molecule has 0 saturated heterocycles. The Morgan fingerprint density at radius 3 is 2.79 bits per heavy atom. The van der Waals surface area contributed by atoms with Gasteiger partial charge in [-0.2, -0.15) is 5.10 Å². The largest absolute Gasteiger partial charge is 0.409 e. The number of benzene rings is 1. The zero-order valence-corrected chi connectivity index (χ0v) is 10.0. The first-order valence-electron chi connectivity index (χ1n) is 5.32. The number of amidine groups is 1. The number of hydrogen-bond donors (Lipinski definition) is 2. The van der Waals surface area contributed by atoms with Crippen molar-refractivity contribution < 1.29 is 10.1 Å². The lowest BCUT2D eigenvalue weighted by Gasteiger charge is -2.05. The third-order valence-electron chi connectivity index (χ3n) is 2.54. The fourth-order valence-corrected chi connectivity index (χ4v) is 1.63. The van der Waals surface area contributed by atoms with Crippen molar-refractivity contribution in [1.29, 1.82) is 0 Å². The molecule has 0 spiro atoms. The molecule has 0 radical (unpaired) electrons. The molecular formula is C11H11N5O3. The summed E-state index contributed by atoms with van der Waals surface area (Å²) >= 11 is 0. The van der Waals surface area contributed by atoms with Gasteiger partial charge in [0.15, 0.2) is 5.84 Å². The van der Waals surface area contributed by atoms with E-state index >= 15 is 0 Å². The maximum Gasteiger partial charge on any atom is 0.295 e. The highest BCUT2D eigenvalue weighted by molar-refractivity contribution is 5.98. The van der Waals surface area contributed by atoms with Crippen LogP contribution in [0.5, 0.6) is 0 Å². The Kier molecular flexibility index (Phi) is 3.15. The summed E-state index contributed by atoms with van der Waals surface area (Å²) in [6, 6.07) is 5.99. The van der Waals surface area contributed by atoms with E-state index in [0.717, 1.165) is 5.69 Å². The summed E-state index contributed by atoms with van der Waals surface area (Å²) in [6.07, 6.45) is 1.63. The van der Waals surface area contributed by atoms with Gasteiger partial charge in [-0.05, 0) is 25.1 Å². The van der Waals surface area contributed by atoms with E-state index in [0.29, 0.717) is 5.69 Å². The van der Waals surface area contributed by atoms with Gasteiger partial charge in [0, 0.05) is 17.8 Å². The predicted molar refractivity (Wildman–Crippen MR) is 67.5 cm³/mol. The maximum atomic E-state index is 11.1. The van der Waals surface area contributed by atoms with E-state index < -0.39 is 4.92 Å². The zero-order chi connectivity index (χ0) is 14.0. The van der Waals surface area contributed by atoms with E-state index in [2.05, 4.69) is 10.3 Å². The van der Waals surface area contributed by atoms with Gasteiger partial charge in [0.05, 0.1) is 10.6 Å². The maximum absolute atomic E-state index is 11.1. The fourth-order valence-electron chi connectivity index (χ4n) is 1.63. The van der Waals surface area contributed by atoms with Crippen molar-refractivity contribution in [2.24, 2.45) is 10.9 Å². The van der Waals surface area contributed by atoms with Crippen molar-refractivity contribution in [1.82, 2.24) is 9.78 Å². The number of hydrogen-bond acceptors (Lipinski definition) is 5. The van der Waals surface area contributed by atoms with Gasteiger partial charge < -0.3 is 10.9 Å². The highest BCUT2D eigenvalue weighted by atomic mass is 16.6. The molecule has 1 aromatic carbocycles. The van der Waals surface area contributed by atoms with Crippen LogP contribution in [0, 0.1) is 17.0 Å². The van der Waals surface area contributed by atoms with Crippen molar-refractivity contribution >= 4 is 11.5 Å². The van der Waals surface area contributed by atoms with Crippen LogP contribution in [-0.2, 0) is 0 Å². The van der Waals surface area contributed by atoms with E-state index in [1.807, 2.05) is 0 Å². The number of nitro groups is 1. The lowest BCUT2D eigenvalue weighted by atomic mass is 10.1. The van der Waals surface area contributed by atoms with Crippen molar-refractivity contribution in [2.45, 2.75) is 6.92 Å². The molecule has 0 bridgehead atoms. The van der Waals surface area contributed by atoms with Gasteiger partial charge >= 0.3 is 0 Å². The number of nitrogens with two attached hydrogens (primary N) is 1. The Bertz CT molecular complexity index is 662. The standard InChI is InChI=1S/C11H11N5O3/c1-7-4-5-15(13-7)9-3-2-8(11(12)14-17)6-10(9)16(18)19/h2-6,17H,1H3,(H2,12,14). The van der Waals surface area contributed by atoms with E-state index in [1.54, 1.807) is 19.2 Å². The molecule has 19 heavy (non-hydrogen) atoms. The number of rotatable bonds is 3. The summed E-state index contributed by atoms with van der Waals surface area (Å²) < 4.78 is 1.41. The first-order chi connectivity index (χ1) is 9.02. The van der Waals surface area contributed by atoms with Gasteiger partial charge in [-0.1, -0.05) is 5.16 Å². The molecule has 3 N–H and O–H groups in total. The molecule has 8 heteroatoms. The predicted octanol–water partition coefficient (Wildman–Crippen LogP) is 1.18. The first kappa shape index (κ1) is 12.6. The summed E-state index contributed by atoms with van der Waals surface area (Å²) in [6.45, 7) is 1.78. The third-order valence-corrected chi connectivity index (χ3v) is 2.54. The molecule has 8 nitrogen and oxygen atoms in total. The van der Waals surface area contributed by atoms with Crippen LogP contribution < -0.4 is 5.73 Å². The second kappa shape index (κ2) is 4.77. The molecule has 1 heterocycles.